The van der Waals surface area contributed by atoms with Gasteiger partial charge in [0, 0.05) is 18.1 Å². The highest BCUT2D eigenvalue weighted by Gasteiger charge is 2.16. The van der Waals surface area contributed by atoms with Crippen LogP contribution in [0.5, 0.6) is 0 Å². The third-order valence-corrected chi connectivity index (χ3v) is 2.11. The molecule has 1 amide bonds. The van der Waals surface area contributed by atoms with Gasteiger partial charge in [-0.05, 0) is 27.2 Å². The zero-order chi connectivity index (χ0) is 14.0. The van der Waals surface area contributed by atoms with E-state index in [1.54, 1.807) is 0 Å². The van der Waals surface area contributed by atoms with Gasteiger partial charge in [0.05, 0.1) is 19.8 Å². The van der Waals surface area contributed by atoms with Crippen LogP contribution in [0.3, 0.4) is 0 Å². The third-order valence-electron chi connectivity index (χ3n) is 2.11. The van der Waals surface area contributed by atoms with Gasteiger partial charge in [-0.2, -0.15) is 0 Å². The highest BCUT2D eigenvalue weighted by molar-refractivity contribution is 5.77. The molecule has 5 N–H and O–H groups in total. The minimum atomic E-state index is -0.288. The third kappa shape index (κ3) is 11.8. The van der Waals surface area contributed by atoms with E-state index in [0.29, 0.717) is 26.4 Å². The molecule has 0 bridgehead atoms. The van der Waals surface area contributed by atoms with Crippen molar-refractivity contribution in [2.75, 3.05) is 33.0 Å². The lowest BCUT2D eigenvalue weighted by Gasteiger charge is -2.23. The normalized spacial score (nSPS) is 13.4. The number of carbonyl (C=O) groups is 1. The maximum Gasteiger partial charge on any atom is 0.246 e. The first kappa shape index (κ1) is 17.3. The molecule has 0 aliphatic rings. The molecule has 0 fully saturated rings. The average Bonchev–Trinajstić information content (AvgIpc) is 2.20. The van der Waals surface area contributed by atoms with Crippen molar-refractivity contribution >= 4 is 5.91 Å². The van der Waals surface area contributed by atoms with E-state index in [0.717, 1.165) is 6.42 Å². The molecule has 0 radical (unpaired) electrons. The topological polar surface area (TPSA) is 99.6 Å². The molecule has 0 aromatic heterocycles. The van der Waals surface area contributed by atoms with Crippen LogP contribution in [0, 0.1) is 0 Å². The van der Waals surface area contributed by atoms with Crippen molar-refractivity contribution in [3.63, 3.8) is 0 Å². The SMILES string of the molecule is CC(CC(C)(C)N)NC(=O)COCCOCCN. The Morgan fingerprint density at radius 2 is 1.89 bits per heavy atom. The number of nitrogens with two attached hydrogens (primary N) is 2. The van der Waals surface area contributed by atoms with E-state index in [2.05, 4.69) is 5.32 Å². The predicted molar refractivity (Wildman–Crippen MR) is 71.2 cm³/mol. The van der Waals surface area contributed by atoms with Crippen LogP contribution in [-0.2, 0) is 14.3 Å². The van der Waals surface area contributed by atoms with Crippen molar-refractivity contribution in [1.82, 2.24) is 5.32 Å². The molecule has 1 unspecified atom stereocenters. The van der Waals surface area contributed by atoms with Crippen molar-refractivity contribution in [3.8, 4) is 0 Å². The summed E-state index contributed by atoms with van der Waals surface area (Å²) < 4.78 is 10.3. The first-order valence-electron chi connectivity index (χ1n) is 6.29. The highest BCUT2D eigenvalue weighted by Crippen LogP contribution is 2.06. The van der Waals surface area contributed by atoms with Gasteiger partial charge >= 0.3 is 0 Å². The fourth-order valence-electron chi connectivity index (χ4n) is 1.62. The summed E-state index contributed by atoms with van der Waals surface area (Å²) >= 11 is 0. The Bertz CT molecular complexity index is 229. The molecule has 0 spiro atoms. The molecule has 0 aliphatic heterocycles. The second kappa shape index (κ2) is 9.27. The van der Waals surface area contributed by atoms with Gasteiger partial charge in [-0.25, -0.2) is 0 Å². The van der Waals surface area contributed by atoms with Crippen molar-refractivity contribution in [2.24, 2.45) is 11.5 Å². The predicted octanol–water partition coefficient (Wildman–Crippen LogP) is -0.390. The van der Waals surface area contributed by atoms with Crippen molar-refractivity contribution in [3.05, 3.63) is 0 Å². The van der Waals surface area contributed by atoms with E-state index in [9.17, 15) is 4.79 Å². The van der Waals surface area contributed by atoms with E-state index >= 15 is 0 Å². The Hall–Kier alpha value is -0.690. The standard InChI is InChI=1S/C12H27N3O3/c1-10(8-12(2,3)14)15-11(16)9-18-7-6-17-5-4-13/h10H,4-9,13-14H2,1-3H3,(H,15,16). The second-order valence-electron chi connectivity index (χ2n) is 5.11. The van der Waals surface area contributed by atoms with Crippen LogP contribution < -0.4 is 16.8 Å². The molecule has 1 atom stereocenters. The summed E-state index contributed by atoms with van der Waals surface area (Å²) in [7, 11) is 0. The summed E-state index contributed by atoms with van der Waals surface area (Å²) in [5, 5.41) is 2.83. The fourth-order valence-corrected chi connectivity index (χ4v) is 1.62. The van der Waals surface area contributed by atoms with E-state index in [1.807, 2.05) is 20.8 Å². The van der Waals surface area contributed by atoms with E-state index in [-0.39, 0.29) is 24.1 Å². The van der Waals surface area contributed by atoms with Crippen LogP contribution in [0.15, 0.2) is 0 Å². The molecule has 0 aromatic carbocycles. The average molecular weight is 261 g/mol. The summed E-state index contributed by atoms with van der Waals surface area (Å²) in [5.41, 5.74) is 10.8. The quantitative estimate of drug-likeness (QED) is 0.465. The smallest absolute Gasteiger partial charge is 0.246 e. The molecular weight excluding hydrogens is 234 g/mol. The molecule has 18 heavy (non-hydrogen) atoms. The van der Waals surface area contributed by atoms with Gasteiger partial charge in [-0.15, -0.1) is 0 Å². The maximum absolute atomic E-state index is 11.5. The molecule has 6 heteroatoms. The van der Waals surface area contributed by atoms with Crippen LogP contribution in [0.25, 0.3) is 0 Å². The second-order valence-corrected chi connectivity index (χ2v) is 5.11. The van der Waals surface area contributed by atoms with Gasteiger partial charge in [0.25, 0.3) is 0 Å². The first-order valence-corrected chi connectivity index (χ1v) is 6.29. The molecule has 0 aromatic rings. The summed E-state index contributed by atoms with van der Waals surface area (Å²) in [5.74, 6) is -0.134. The van der Waals surface area contributed by atoms with Crippen LogP contribution in [0.2, 0.25) is 0 Å². The van der Waals surface area contributed by atoms with Crippen molar-refractivity contribution < 1.29 is 14.3 Å². The van der Waals surface area contributed by atoms with Gasteiger partial charge in [0.15, 0.2) is 0 Å². The fraction of sp³-hybridized carbons (Fsp3) is 0.917. The highest BCUT2D eigenvalue weighted by atomic mass is 16.5. The Morgan fingerprint density at radius 1 is 1.28 bits per heavy atom. The summed E-state index contributed by atoms with van der Waals surface area (Å²) in [6.45, 7) is 7.69. The van der Waals surface area contributed by atoms with Crippen molar-refractivity contribution in [2.45, 2.75) is 38.8 Å². The Labute approximate surface area is 109 Å². The zero-order valence-electron chi connectivity index (χ0n) is 11.7. The molecule has 0 saturated heterocycles. The van der Waals surface area contributed by atoms with Gasteiger partial charge in [-0.1, -0.05) is 0 Å². The summed E-state index contributed by atoms with van der Waals surface area (Å²) in [6.07, 6.45) is 0.721. The monoisotopic (exact) mass is 261 g/mol. The minimum absolute atomic E-state index is 0.0367. The number of ether oxygens (including phenoxy) is 2. The van der Waals surface area contributed by atoms with Gasteiger partial charge in [0.2, 0.25) is 5.91 Å². The van der Waals surface area contributed by atoms with Gasteiger partial charge in [-0.3, -0.25) is 4.79 Å². The zero-order valence-corrected chi connectivity index (χ0v) is 11.7. The van der Waals surface area contributed by atoms with Crippen LogP contribution in [0.1, 0.15) is 27.2 Å². The molecule has 0 aliphatic carbocycles. The summed E-state index contributed by atoms with van der Waals surface area (Å²) in [6, 6.07) is 0.0367. The number of carbonyl (C=O) groups excluding carboxylic acids is 1. The van der Waals surface area contributed by atoms with Crippen LogP contribution >= 0.6 is 0 Å². The number of rotatable bonds is 10. The largest absolute Gasteiger partial charge is 0.378 e. The lowest BCUT2D eigenvalue weighted by Crippen LogP contribution is -2.43. The van der Waals surface area contributed by atoms with E-state index in [4.69, 9.17) is 20.9 Å². The van der Waals surface area contributed by atoms with Gasteiger partial charge in [0.1, 0.15) is 6.61 Å². The summed E-state index contributed by atoms with van der Waals surface area (Å²) in [4.78, 5) is 11.5. The molecule has 0 heterocycles. The Morgan fingerprint density at radius 3 is 2.44 bits per heavy atom. The molecule has 6 nitrogen and oxygen atoms in total. The molecule has 0 rings (SSSR count). The number of amides is 1. The lowest BCUT2D eigenvalue weighted by molar-refractivity contribution is -0.126. The minimum Gasteiger partial charge on any atom is -0.378 e. The Balaban J connectivity index is 3.53. The number of hydrogen-bond acceptors (Lipinski definition) is 5. The first-order chi connectivity index (χ1) is 8.35. The molecule has 108 valence electrons. The Kier molecular flexibility index (Phi) is 8.91. The number of nitrogens with one attached hydrogen (secondary N) is 1. The van der Waals surface area contributed by atoms with Crippen LogP contribution in [-0.4, -0.2) is 50.5 Å². The van der Waals surface area contributed by atoms with E-state index in [1.165, 1.54) is 0 Å². The van der Waals surface area contributed by atoms with Gasteiger partial charge < -0.3 is 26.3 Å². The molecular formula is C12H27N3O3. The maximum atomic E-state index is 11.5. The number of hydrogen-bond donors (Lipinski definition) is 3. The van der Waals surface area contributed by atoms with E-state index < -0.39 is 0 Å². The lowest BCUT2D eigenvalue weighted by atomic mass is 9.97. The van der Waals surface area contributed by atoms with Crippen LogP contribution in [0.4, 0.5) is 0 Å². The molecule has 0 saturated carbocycles. The van der Waals surface area contributed by atoms with Crippen molar-refractivity contribution in [1.29, 1.82) is 0 Å².